The Labute approximate surface area is 591 Å². The van der Waals surface area contributed by atoms with Crippen LogP contribution in [0.2, 0.25) is 0 Å². The molecule has 5 nitrogen and oxygen atoms in total. The van der Waals surface area contributed by atoms with Gasteiger partial charge >= 0.3 is 0 Å². The van der Waals surface area contributed by atoms with Crippen molar-refractivity contribution in [2.45, 2.75) is 91.3 Å². The maximum atomic E-state index is 10.2. The van der Waals surface area contributed by atoms with Crippen molar-refractivity contribution >= 4 is 61.7 Å². The topological polar surface area (TPSA) is 35.9 Å². The van der Waals surface area contributed by atoms with Crippen molar-refractivity contribution in [3.8, 4) is 73.2 Å². The van der Waals surface area contributed by atoms with Crippen LogP contribution in [-0.2, 0) is 37.3 Å². The molecule has 0 amide bonds. The first-order valence-electron chi connectivity index (χ1n) is 41.2. The Morgan fingerprint density at radius 2 is 1.11 bits per heavy atom. The molecule has 3 aromatic heterocycles. The van der Waals surface area contributed by atoms with E-state index in [2.05, 4.69) is 79.1 Å². The van der Waals surface area contributed by atoms with Crippen molar-refractivity contribution in [3.05, 3.63) is 295 Å². The fourth-order valence-corrected chi connectivity index (χ4v) is 17.9. The molecule has 0 radical (unpaired) electrons. The molecule has 1 aliphatic heterocycles. The number of nitrogens with zero attached hydrogens (tertiary/aromatic N) is 4. The summed E-state index contributed by atoms with van der Waals surface area (Å²) >= 11 is 0. The van der Waals surface area contributed by atoms with Crippen LogP contribution in [0.1, 0.15) is 118 Å². The Kier molecular flexibility index (Phi) is 9.88. The molecule has 0 atom stereocenters. The third-order valence-corrected chi connectivity index (χ3v) is 23.0. The van der Waals surface area contributed by atoms with Crippen LogP contribution >= 0.6 is 0 Å². The second-order valence-corrected chi connectivity index (χ2v) is 29.8. The van der Waals surface area contributed by atoms with Crippen LogP contribution in [0.25, 0.3) is 94.5 Å². The second kappa shape index (κ2) is 22.7. The van der Waals surface area contributed by atoms with Crippen molar-refractivity contribution in [2.24, 2.45) is 0 Å². The number of hydrogen-bond donors (Lipinski definition) is 0. The third-order valence-electron chi connectivity index (χ3n) is 18.8. The van der Waals surface area contributed by atoms with Crippen molar-refractivity contribution in [1.29, 1.82) is 0 Å². The van der Waals surface area contributed by atoms with Crippen LogP contribution in [0.5, 0.6) is 11.5 Å². The number of benzene rings is 11. The Balaban J connectivity index is 0.0000102. The van der Waals surface area contributed by atoms with Gasteiger partial charge < -0.3 is 13.9 Å². The summed E-state index contributed by atoms with van der Waals surface area (Å²) in [5.41, 5.74) is 6.26. The van der Waals surface area contributed by atoms with Gasteiger partial charge in [0.2, 0.25) is 0 Å². The Morgan fingerprint density at radius 1 is 0.538 bits per heavy atom. The van der Waals surface area contributed by atoms with Gasteiger partial charge in [0.05, 0.1) is 37.3 Å². The SMILES string of the molecule is [2H]c1c([2H])c([2H])c([Si](c2cc3c4c(c2)n(-c2[c-]c(Oc5[c-]c6c(cc5)c5ccccc5n6-c5cc(C(C)(C)C)ccn5)ccc2)[c-][n+]4-c2c(cccc2-c2c(C([2H])([2H])[2H])cccc2C([2H])([2H])[2H])-c2cc4c(cc2-c2ccccc2-3)C(C)(C)CCC4(C)C)(c2c([2H])c([2H])c([2H])c([2H])c2[2H])c2c([2H])c([2H])c([2H])c([2H])c2[2H])c([2H])c1[2H].[Pt]. The molecule has 16 rings (SSSR count). The molecule has 2 aliphatic rings. The Bertz CT molecular complexity index is 6190. The van der Waals surface area contributed by atoms with Gasteiger partial charge in [0.15, 0.2) is 8.07 Å². The summed E-state index contributed by atoms with van der Waals surface area (Å²) in [7, 11) is -6.00. The van der Waals surface area contributed by atoms with Gasteiger partial charge in [-0.3, -0.25) is 4.57 Å². The minimum absolute atomic E-state index is 0. The van der Waals surface area contributed by atoms with E-state index < -0.39 is 139 Å². The molecular weight excluding hydrogens is 1330 g/mol. The molecule has 1 aliphatic carbocycles. The predicted molar refractivity (Wildman–Crippen MR) is 382 cm³/mol. The van der Waals surface area contributed by atoms with Crippen LogP contribution < -0.4 is 30.1 Å². The van der Waals surface area contributed by atoms with Crippen LogP contribution in [0.4, 0.5) is 0 Å². The fourth-order valence-electron chi connectivity index (χ4n) is 14.1. The average molecular weight is 1420 g/mol. The Morgan fingerprint density at radius 3 is 1.75 bits per heavy atom. The third kappa shape index (κ3) is 9.73. The molecule has 14 aromatic rings. The van der Waals surface area contributed by atoms with E-state index in [1.165, 1.54) is 24.3 Å². The number of rotatable bonds is 9. The van der Waals surface area contributed by atoms with Gasteiger partial charge in [-0.25, -0.2) is 4.98 Å². The average Bonchev–Trinajstić information content (AvgIpc) is 1.02. The molecule has 11 aromatic carbocycles. The number of pyridine rings is 1. The summed E-state index contributed by atoms with van der Waals surface area (Å²) in [6.07, 6.45) is 7.02. The zero-order valence-electron chi connectivity index (χ0n) is 72.9. The minimum atomic E-state index is -6.00. The number of hydrogen-bond acceptors (Lipinski definition) is 2. The van der Waals surface area contributed by atoms with Crippen molar-refractivity contribution < 1.29 is 59.2 Å². The first-order valence-corrected chi connectivity index (χ1v) is 32.7. The van der Waals surface area contributed by atoms with Gasteiger partial charge in [0.25, 0.3) is 6.33 Å². The summed E-state index contributed by atoms with van der Waals surface area (Å²) < 4.78 is 213. The van der Waals surface area contributed by atoms with E-state index in [0.29, 0.717) is 39.2 Å². The molecule has 0 N–H and O–H groups in total. The van der Waals surface area contributed by atoms with Gasteiger partial charge in [-0.15, -0.1) is 29.7 Å². The fraction of sp³-hybridized carbons (Fsp3) is 0.163. The van der Waals surface area contributed by atoms with E-state index in [4.69, 9.17) is 13.8 Å². The molecule has 0 saturated heterocycles. The Hall–Kier alpha value is -9.45. The van der Waals surface area contributed by atoms with Crippen molar-refractivity contribution in [1.82, 2.24) is 14.1 Å². The maximum absolute atomic E-state index is 10.2. The summed E-state index contributed by atoms with van der Waals surface area (Å²) in [5.74, 6) is 1.000. The normalized spacial score (nSPS) is 17.3. The predicted octanol–water partition coefficient (Wildman–Crippen LogP) is 18.2. The van der Waals surface area contributed by atoms with E-state index in [0.717, 1.165) is 45.8 Å². The van der Waals surface area contributed by atoms with Crippen LogP contribution in [0.3, 0.4) is 0 Å². The van der Waals surface area contributed by atoms with E-state index in [-0.39, 0.29) is 93.4 Å². The maximum Gasteiger partial charge on any atom is 0.268 e. The van der Waals surface area contributed by atoms with Crippen LogP contribution in [-0.4, -0.2) is 22.2 Å². The summed E-state index contributed by atoms with van der Waals surface area (Å²) in [4.78, 5) is 4.88. The molecule has 0 spiro atoms. The minimum Gasteiger partial charge on any atom is -0.510 e. The van der Waals surface area contributed by atoms with Crippen LogP contribution in [0.15, 0.2) is 248 Å². The van der Waals surface area contributed by atoms with E-state index >= 15 is 0 Å². The molecule has 0 saturated carbocycles. The monoisotopic (exact) mass is 1420 g/mol. The molecule has 7 heteroatoms. The second-order valence-electron chi connectivity index (χ2n) is 26.2. The molecule has 4 heterocycles. The largest absolute Gasteiger partial charge is 0.510 e. The van der Waals surface area contributed by atoms with E-state index in [1.54, 1.807) is 63.9 Å². The first kappa shape index (κ1) is 40.5. The van der Waals surface area contributed by atoms with Gasteiger partial charge in [0.1, 0.15) is 5.82 Å². The van der Waals surface area contributed by atoms with Gasteiger partial charge in [-0.1, -0.05) is 242 Å². The molecule has 0 unspecified atom stereocenters. The molecule has 0 bridgehead atoms. The summed E-state index contributed by atoms with van der Waals surface area (Å²) in [6, 6.07) is 37.7. The molecule has 458 valence electrons. The van der Waals surface area contributed by atoms with Gasteiger partial charge in [0, 0.05) is 52.5 Å². The van der Waals surface area contributed by atoms with E-state index in [9.17, 15) is 24.7 Å². The number of aryl methyl sites for hydroxylation is 2. The zero-order valence-corrected chi connectivity index (χ0v) is 55.2. The summed E-state index contributed by atoms with van der Waals surface area (Å²) in [6.45, 7) is 9.19. The first-order chi connectivity index (χ1) is 53.2. The van der Waals surface area contributed by atoms with Crippen LogP contribution in [0, 0.1) is 32.2 Å². The number of fused-ring (bicyclic) bond motifs is 11. The number of aromatic nitrogens is 4. The van der Waals surface area contributed by atoms with E-state index in [1.807, 2.05) is 71.3 Å². The van der Waals surface area contributed by atoms with Crippen molar-refractivity contribution in [2.75, 3.05) is 0 Å². The smallest absolute Gasteiger partial charge is 0.268 e. The summed E-state index contributed by atoms with van der Waals surface area (Å²) in [5, 5.41) is -0.613. The molecule has 0 fully saturated rings. The van der Waals surface area contributed by atoms with Gasteiger partial charge in [-0.05, 0) is 171 Å². The number of para-hydroxylation sites is 2. The number of ether oxygens (including phenoxy) is 1. The standard InChI is InChI=1S/C86H72N4OSi.Pt/c1-56-26-23-27-57(2)81(56)71-40-25-39-70-73-54-76-75(85(6,7)45-46-86(76,8)9)53-72(73)66-36-19-20-37-67(66)74-51-65(92(62-30-13-10-14-31-62,63-32-15-11-16-33-63)64-34-17-12-18-35-64)52-79-83(74)89(82(70)71)55-88(79)59-28-24-29-60(49-59)91-61-42-43-69-68-38-21-22-41-77(68)90(78(69)50-61)80-48-58(44-47-87-80)84(3,4)5;/h10-44,47-48,51-54H,45-46H2,1-9H3;/q-2;/i1D3,2D3,10D,11D,12D,13D,14D,15D,16D,17D,18D,30D,31D,32D,33D,34D,35D;. The molecular formula is C86H72N4OPtSi-2. The molecule has 93 heavy (non-hydrogen) atoms. The number of imidazole rings is 1. The van der Waals surface area contributed by atoms with Crippen molar-refractivity contribution in [3.63, 3.8) is 0 Å². The van der Waals surface area contributed by atoms with Gasteiger partial charge in [-0.2, -0.15) is 18.2 Å². The zero-order chi connectivity index (χ0) is 80.9. The quantitative estimate of drug-likeness (QED) is 0.0625.